The van der Waals surface area contributed by atoms with Crippen molar-refractivity contribution < 1.29 is 14.4 Å². The van der Waals surface area contributed by atoms with E-state index >= 15 is 0 Å². The fraction of sp³-hybridized carbons (Fsp3) is 0.208. The van der Waals surface area contributed by atoms with Gasteiger partial charge in [0.1, 0.15) is 5.82 Å². The molecule has 1 aromatic carbocycles. The zero-order valence-electron chi connectivity index (χ0n) is 18.0. The van der Waals surface area contributed by atoms with Gasteiger partial charge >= 0.3 is 11.8 Å². The van der Waals surface area contributed by atoms with Crippen LogP contribution >= 0.6 is 11.6 Å². The summed E-state index contributed by atoms with van der Waals surface area (Å²) < 4.78 is 1.48. The zero-order chi connectivity index (χ0) is 24.1. The molecule has 4 rings (SSSR count). The SMILES string of the molecule is O=C(Nc1ccc(Cl)cn1)C(=O)N[C@@H]1CCCC1NC(=O)c1ccc(-n2ccccc2=O)cc1. The number of halogens is 1. The van der Waals surface area contributed by atoms with Crippen molar-refractivity contribution in [2.45, 2.75) is 31.3 Å². The van der Waals surface area contributed by atoms with Gasteiger partial charge in [-0.3, -0.25) is 23.7 Å². The molecule has 3 N–H and O–H groups in total. The molecule has 2 heterocycles. The van der Waals surface area contributed by atoms with Gasteiger partial charge in [0.25, 0.3) is 11.5 Å². The van der Waals surface area contributed by atoms with Gasteiger partial charge in [0, 0.05) is 41.8 Å². The Kier molecular flexibility index (Phi) is 7.03. The summed E-state index contributed by atoms with van der Waals surface area (Å²) in [6, 6.07) is 13.9. The number of hydrogen-bond donors (Lipinski definition) is 3. The summed E-state index contributed by atoms with van der Waals surface area (Å²) in [4.78, 5) is 53.2. The molecular formula is C24H22ClN5O4. The molecule has 10 heteroatoms. The van der Waals surface area contributed by atoms with E-state index in [4.69, 9.17) is 11.6 Å². The predicted octanol–water partition coefficient (Wildman–Crippen LogP) is 2.29. The molecule has 2 atom stereocenters. The number of nitrogens with one attached hydrogen (secondary N) is 3. The van der Waals surface area contributed by atoms with Gasteiger partial charge in [-0.05, 0) is 61.7 Å². The predicted molar refractivity (Wildman–Crippen MR) is 127 cm³/mol. The molecule has 3 aromatic rings. The quantitative estimate of drug-likeness (QED) is 0.485. The molecular weight excluding hydrogens is 458 g/mol. The largest absolute Gasteiger partial charge is 0.347 e. The molecule has 1 saturated carbocycles. The third-order valence-corrected chi connectivity index (χ3v) is 5.78. The average molecular weight is 480 g/mol. The Morgan fingerprint density at radius 3 is 2.32 bits per heavy atom. The van der Waals surface area contributed by atoms with Crippen molar-refractivity contribution in [2.24, 2.45) is 0 Å². The number of pyridine rings is 2. The van der Waals surface area contributed by atoms with Crippen LogP contribution in [0.4, 0.5) is 5.82 Å². The molecule has 1 unspecified atom stereocenters. The van der Waals surface area contributed by atoms with Crippen LogP contribution in [0.2, 0.25) is 5.02 Å². The number of aromatic nitrogens is 2. The maximum absolute atomic E-state index is 12.8. The molecule has 1 fully saturated rings. The molecule has 0 saturated heterocycles. The highest BCUT2D eigenvalue weighted by Crippen LogP contribution is 2.20. The number of amides is 3. The van der Waals surface area contributed by atoms with Crippen LogP contribution in [0.3, 0.4) is 0 Å². The number of benzene rings is 1. The van der Waals surface area contributed by atoms with Crippen molar-refractivity contribution >= 4 is 35.1 Å². The van der Waals surface area contributed by atoms with Crippen LogP contribution < -0.4 is 21.5 Å². The molecule has 3 amide bonds. The van der Waals surface area contributed by atoms with Gasteiger partial charge in [-0.1, -0.05) is 17.7 Å². The van der Waals surface area contributed by atoms with Crippen LogP contribution in [0.5, 0.6) is 0 Å². The van der Waals surface area contributed by atoms with E-state index in [0.717, 1.165) is 6.42 Å². The minimum absolute atomic E-state index is 0.167. The van der Waals surface area contributed by atoms with Gasteiger partial charge in [0.2, 0.25) is 0 Å². The first-order valence-electron chi connectivity index (χ1n) is 10.7. The van der Waals surface area contributed by atoms with Gasteiger partial charge in [-0.25, -0.2) is 4.98 Å². The lowest BCUT2D eigenvalue weighted by molar-refractivity contribution is -0.136. The fourth-order valence-corrected chi connectivity index (χ4v) is 3.94. The minimum Gasteiger partial charge on any atom is -0.347 e. The Labute approximate surface area is 200 Å². The Balaban J connectivity index is 1.35. The second kappa shape index (κ2) is 10.3. The highest BCUT2D eigenvalue weighted by Gasteiger charge is 2.31. The maximum Gasteiger partial charge on any atom is 0.314 e. The molecule has 1 aliphatic rings. The van der Waals surface area contributed by atoms with E-state index < -0.39 is 11.8 Å². The lowest BCUT2D eigenvalue weighted by Crippen LogP contribution is -2.51. The maximum atomic E-state index is 12.8. The molecule has 0 bridgehead atoms. The number of nitrogens with zero attached hydrogens (tertiary/aromatic N) is 2. The van der Waals surface area contributed by atoms with Crippen molar-refractivity contribution in [3.05, 3.63) is 87.9 Å². The third-order valence-electron chi connectivity index (χ3n) is 5.55. The topological polar surface area (TPSA) is 122 Å². The lowest BCUT2D eigenvalue weighted by Gasteiger charge is -2.22. The van der Waals surface area contributed by atoms with E-state index in [-0.39, 0.29) is 29.4 Å². The first kappa shape index (κ1) is 23.2. The third kappa shape index (κ3) is 5.49. The van der Waals surface area contributed by atoms with Crippen molar-refractivity contribution in [2.75, 3.05) is 5.32 Å². The molecule has 2 aromatic heterocycles. The van der Waals surface area contributed by atoms with Gasteiger partial charge < -0.3 is 16.0 Å². The van der Waals surface area contributed by atoms with Crippen molar-refractivity contribution in [3.63, 3.8) is 0 Å². The summed E-state index contributed by atoms with van der Waals surface area (Å²) in [5, 5.41) is 8.46. The molecule has 0 spiro atoms. The second-order valence-corrected chi connectivity index (χ2v) is 8.30. The highest BCUT2D eigenvalue weighted by molar-refractivity contribution is 6.39. The van der Waals surface area contributed by atoms with Crippen LogP contribution in [-0.2, 0) is 9.59 Å². The fourth-order valence-electron chi connectivity index (χ4n) is 3.83. The number of rotatable bonds is 5. The van der Waals surface area contributed by atoms with E-state index in [9.17, 15) is 19.2 Å². The summed E-state index contributed by atoms with van der Waals surface area (Å²) >= 11 is 5.77. The number of carbonyl (C=O) groups excluding carboxylic acids is 3. The minimum atomic E-state index is -0.849. The second-order valence-electron chi connectivity index (χ2n) is 7.86. The number of anilines is 1. The summed E-state index contributed by atoms with van der Waals surface area (Å²) in [7, 11) is 0. The Morgan fingerprint density at radius 2 is 1.65 bits per heavy atom. The van der Waals surface area contributed by atoms with Crippen LogP contribution in [-0.4, -0.2) is 39.4 Å². The van der Waals surface area contributed by atoms with E-state index in [0.29, 0.717) is 29.1 Å². The summed E-state index contributed by atoms with van der Waals surface area (Å²) in [5.74, 6) is -1.74. The number of hydrogen-bond acceptors (Lipinski definition) is 5. The Hall–Kier alpha value is -3.98. The van der Waals surface area contributed by atoms with Crippen molar-refractivity contribution in [3.8, 4) is 5.69 Å². The first-order valence-corrected chi connectivity index (χ1v) is 11.1. The first-order chi connectivity index (χ1) is 16.4. The Morgan fingerprint density at radius 1 is 0.912 bits per heavy atom. The van der Waals surface area contributed by atoms with Crippen LogP contribution in [0.25, 0.3) is 5.69 Å². The molecule has 1 aliphatic carbocycles. The van der Waals surface area contributed by atoms with E-state index in [1.807, 2.05) is 0 Å². The normalized spacial score (nSPS) is 17.1. The van der Waals surface area contributed by atoms with Crippen molar-refractivity contribution in [1.82, 2.24) is 20.2 Å². The van der Waals surface area contributed by atoms with Crippen molar-refractivity contribution in [1.29, 1.82) is 0 Å². The molecule has 34 heavy (non-hydrogen) atoms. The molecule has 174 valence electrons. The molecule has 9 nitrogen and oxygen atoms in total. The summed E-state index contributed by atoms with van der Waals surface area (Å²) in [5.41, 5.74) is 0.908. The summed E-state index contributed by atoms with van der Waals surface area (Å²) in [6.45, 7) is 0. The zero-order valence-corrected chi connectivity index (χ0v) is 18.8. The Bertz CT molecular complexity index is 1260. The molecule has 0 radical (unpaired) electrons. The van der Waals surface area contributed by atoms with Crippen LogP contribution in [0.15, 0.2) is 71.8 Å². The number of carbonyl (C=O) groups is 3. The lowest BCUT2D eigenvalue weighted by atomic mass is 10.1. The average Bonchev–Trinajstić information content (AvgIpc) is 3.27. The standard InChI is InChI=1S/C24H22ClN5O4/c25-16-9-12-20(26-14-16)29-24(34)23(33)28-19-5-3-4-18(19)27-22(32)15-7-10-17(11-8-15)30-13-2-1-6-21(30)31/h1-2,6-14,18-19H,3-5H2,(H,27,32)(H,28,33)(H,26,29,34)/t18?,19-/m1/s1. The van der Waals surface area contributed by atoms with E-state index in [1.54, 1.807) is 48.7 Å². The van der Waals surface area contributed by atoms with Gasteiger partial charge in [0.15, 0.2) is 0 Å². The van der Waals surface area contributed by atoms with Crippen LogP contribution in [0, 0.1) is 0 Å². The monoisotopic (exact) mass is 479 g/mol. The van der Waals surface area contributed by atoms with Gasteiger partial charge in [-0.15, -0.1) is 0 Å². The highest BCUT2D eigenvalue weighted by atomic mass is 35.5. The molecule has 0 aliphatic heterocycles. The smallest absolute Gasteiger partial charge is 0.314 e. The van der Waals surface area contributed by atoms with E-state index in [1.165, 1.54) is 22.9 Å². The van der Waals surface area contributed by atoms with Crippen LogP contribution in [0.1, 0.15) is 29.6 Å². The summed E-state index contributed by atoms with van der Waals surface area (Å²) in [6.07, 6.45) is 5.13. The van der Waals surface area contributed by atoms with Gasteiger partial charge in [-0.2, -0.15) is 0 Å². The van der Waals surface area contributed by atoms with E-state index in [2.05, 4.69) is 20.9 Å². The van der Waals surface area contributed by atoms with Gasteiger partial charge in [0.05, 0.1) is 5.02 Å².